The lowest BCUT2D eigenvalue weighted by Gasteiger charge is -2.32. The molecular weight excluding hydrogens is 494 g/mol. The van der Waals surface area contributed by atoms with Gasteiger partial charge in [0.2, 0.25) is 5.91 Å². The number of alkyl halides is 6. The molecule has 0 aliphatic carbocycles. The van der Waals surface area contributed by atoms with E-state index in [0.29, 0.717) is 23.4 Å². The van der Waals surface area contributed by atoms with Crippen LogP contribution in [0.4, 0.5) is 37.7 Å². The first kappa shape index (κ1) is 28.1. The highest BCUT2D eigenvalue weighted by atomic mass is 19.4. The molecule has 0 heterocycles. The molecule has 0 bridgehead atoms. The van der Waals surface area contributed by atoms with E-state index in [-0.39, 0.29) is 11.6 Å². The van der Waals surface area contributed by atoms with Crippen LogP contribution < -0.4 is 9.80 Å². The number of carbonyl (C=O) groups excluding carboxylic acids is 1. The lowest BCUT2D eigenvalue weighted by Crippen LogP contribution is -2.42. The molecule has 0 fully saturated rings. The molecule has 0 unspecified atom stereocenters. The molecule has 0 spiro atoms. The van der Waals surface area contributed by atoms with Crippen molar-refractivity contribution >= 4 is 17.3 Å². The van der Waals surface area contributed by atoms with Gasteiger partial charge in [-0.3, -0.25) is 4.79 Å². The first-order chi connectivity index (χ1) is 16.9. The topological polar surface area (TPSA) is 23.6 Å². The molecule has 0 N–H and O–H groups in total. The second-order valence-corrected chi connectivity index (χ2v) is 9.69. The third-order valence-corrected chi connectivity index (χ3v) is 6.44. The van der Waals surface area contributed by atoms with Gasteiger partial charge >= 0.3 is 12.4 Å². The Balaban J connectivity index is 2.18. The number of hydrogen-bond acceptors (Lipinski definition) is 2. The summed E-state index contributed by atoms with van der Waals surface area (Å²) in [6.07, 6.45) is -10.0. The minimum Gasteiger partial charge on any atom is -0.378 e. The molecule has 3 aromatic rings. The molecule has 9 heteroatoms. The van der Waals surface area contributed by atoms with Gasteiger partial charge in [0.25, 0.3) is 0 Å². The van der Waals surface area contributed by atoms with Crippen molar-refractivity contribution in [3.8, 4) is 11.1 Å². The number of halogens is 6. The fraction of sp³-hybridized carbons (Fsp3) is 0.321. The molecule has 0 radical (unpaired) electrons. The van der Waals surface area contributed by atoms with Crippen LogP contribution >= 0.6 is 0 Å². The van der Waals surface area contributed by atoms with E-state index < -0.39 is 34.8 Å². The first-order valence-corrected chi connectivity index (χ1v) is 11.4. The number of hydrogen-bond donors (Lipinski definition) is 0. The zero-order valence-electron chi connectivity index (χ0n) is 21.3. The second-order valence-electron chi connectivity index (χ2n) is 9.69. The summed E-state index contributed by atoms with van der Waals surface area (Å²) in [6.45, 7) is 4.56. The molecule has 3 nitrogen and oxygen atoms in total. The minimum absolute atomic E-state index is 0.0601. The Morgan fingerprint density at radius 2 is 1.22 bits per heavy atom. The average Bonchev–Trinajstić information content (AvgIpc) is 2.81. The summed E-state index contributed by atoms with van der Waals surface area (Å²) in [5.41, 5.74) is -1.29. The summed E-state index contributed by atoms with van der Waals surface area (Å²) < 4.78 is 80.9. The van der Waals surface area contributed by atoms with E-state index >= 15 is 0 Å². The van der Waals surface area contributed by atoms with Crippen molar-refractivity contribution in [2.45, 2.75) is 38.5 Å². The summed E-state index contributed by atoms with van der Waals surface area (Å²) in [4.78, 5) is 16.9. The van der Waals surface area contributed by atoms with Gasteiger partial charge in [-0.15, -0.1) is 0 Å². The quantitative estimate of drug-likeness (QED) is 0.321. The van der Waals surface area contributed by atoms with E-state index in [2.05, 4.69) is 0 Å². The predicted octanol–water partition coefficient (Wildman–Crippen LogP) is 7.71. The Bertz CT molecular complexity index is 1280. The zero-order chi connectivity index (χ0) is 27.9. The summed E-state index contributed by atoms with van der Waals surface area (Å²) in [5, 5.41) is 0. The Morgan fingerprint density at radius 1 is 0.703 bits per heavy atom. The summed E-state index contributed by atoms with van der Waals surface area (Å²) in [7, 11) is 5.11. The maximum atomic E-state index is 13.8. The normalized spacial score (nSPS) is 12.4. The van der Waals surface area contributed by atoms with Crippen molar-refractivity contribution in [2.24, 2.45) is 0 Å². The molecule has 198 valence electrons. The molecule has 0 aliphatic heterocycles. The minimum atomic E-state index is -5.01. The van der Waals surface area contributed by atoms with Crippen LogP contribution in [-0.4, -0.2) is 27.1 Å². The van der Waals surface area contributed by atoms with Gasteiger partial charge in [-0.25, -0.2) is 0 Å². The summed E-state index contributed by atoms with van der Waals surface area (Å²) in [5.74, 6) is -0.661. The van der Waals surface area contributed by atoms with Crippen LogP contribution in [0.5, 0.6) is 0 Å². The van der Waals surface area contributed by atoms with E-state index in [9.17, 15) is 31.1 Å². The largest absolute Gasteiger partial charge is 0.416 e. The third-order valence-electron chi connectivity index (χ3n) is 6.44. The summed E-state index contributed by atoms with van der Waals surface area (Å²) >= 11 is 0. The van der Waals surface area contributed by atoms with Gasteiger partial charge in [-0.1, -0.05) is 30.3 Å². The molecule has 3 aromatic carbocycles. The number of rotatable bonds is 5. The number of benzene rings is 3. The Kier molecular flexibility index (Phi) is 7.41. The molecule has 37 heavy (non-hydrogen) atoms. The number of carbonyl (C=O) groups is 1. The number of anilines is 2. The molecule has 1 amide bonds. The maximum absolute atomic E-state index is 13.8. The lowest BCUT2D eigenvalue weighted by atomic mass is 9.81. The van der Waals surface area contributed by atoms with Gasteiger partial charge in [-0.2, -0.15) is 26.3 Å². The van der Waals surface area contributed by atoms with Crippen LogP contribution in [-0.2, 0) is 22.6 Å². The van der Waals surface area contributed by atoms with E-state index in [0.717, 1.165) is 16.8 Å². The van der Waals surface area contributed by atoms with Crippen molar-refractivity contribution in [1.82, 2.24) is 0 Å². The molecule has 0 aromatic heterocycles. The van der Waals surface area contributed by atoms with E-state index in [1.807, 2.05) is 62.3 Å². The van der Waals surface area contributed by atoms with Crippen LogP contribution in [0.1, 0.15) is 36.1 Å². The van der Waals surface area contributed by atoms with Crippen molar-refractivity contribution in [3.05, 3.63) is 82.9 Å². The average molecular weight is 523 g/mol. The highest BCUT2D eigenvalue weighted by Crippen LogP contribution is 2.41. The van der Waals surface area contributed by atoms with Crippen molar-refractivity contribution in [2.75, 3.05) is 30.9 Å². The van der Waals surface area contributed by atoms with Gasteiger partial charge in [0.05, 0.1) is 22.2 Å². The lowest BCUT2D eigenvalue weighted by molar-refractivity contribution is -0.143. The Labute approximate surface area is 212 Å². The van der Waals surface area contributed by atoms with Crippen LogP contribution in [0.3, 0.4) is 0 Å². The summed E-state index contributed by atoms with van der Waals surface area (Å²) in [6, 6.07) is 14.3. The fourth-order valence-corrected chi connectivity index (χ4v) is 4.15. The van der Waals surface area contributed by atoms with Crippen molar-refractivity contribution in [3.63, 3.8) is 0 Å². The van der Waals surface area contributed by atoms with Crippen LogP contribution in [0.15, 0.2) is 60.7 Å². The monoisotopic (exact) mass is 522 g/mol. The standard InChI is InChI=1S/C28H28F6N2O/c1-17-9-7-8-10-22(17)23-12-11-21(35(4)5)16-24(23)36(6)25(37)26(2,3)18-13-19(27(29,30)31)15-20(14-18)28(32,33)34/h7-16H,1-6H3. The predicted molar refractivity (Wildman–Crippen MR) is 134 cm³/mol. The van der Waals surface area contributed by atoms with Crippen LogP contribution in [0.25, 0.3) is 11.1 Å². The number of aryl methyl sites for hydroxylation is 1. The zero-order valence-corrected chi connectivity index (χ0v) is 21.3. The Morgan fingerprint density at radius 3 is 1.70 bits per heavy atom. The van der Waals surface area contributed by atoms with Gasteiger partial charge in [0, 0.05) is 32.4 Å². The highest BCUT2D eigenvalue weighted by Gasteiger charge is 2.41. The molecule has 0 atom stereocenters. The number of amides is 1. The molecular formula is C28H28F6N2O. The van der Waals surface area contributed by atoms with Gasteiger partial charge in [-0.05, 0) is 67.8 Å². The second kappa shape index (κ2) is 9.76. The van der Waals surface area contributed by atoms with Gasteiger partial charge in [0.1, 0.15) is 0 Å². The molecule has 0 saturated carbocycles. The van der Waals surface area contributed by atoms with Gasteiger partial charge in [0.15, 0.2) is 0 Å². The van der Waals surface area contributed by atoms with E-state index in [4.69, 9.17) is 0 Å². The third kappa shape index (κ3) is 5.76. The van der Waals surface area contributed by atoms with E-state index in [1.165, 1.54) is 25.8 Å². The SMILES string of the molecule is Cc1ccccc1-c1ccc(N(C)C)cc1N(C)C(=O)C(C)(C)c1cc(C(F)(F)F)cc(C(F)(F)F)c1. The van der Waals surface area contributed by atoms with Crippen LogP contribution in [0.2, 0.25) is 0 Å². The van der Waals surface area contributed by atoms with Crippen molar-refractivity contribution in [1.29, 1.82) is 0 Å². The smallest absolute Gasteiger partial charge is 0.378 e. The molecule has 0 aliphatic rings. The first-order valence-electron chi connectivity index (χ1n) is 11.4. The number of likely N-dealkylation sites (N-methyl/N-ethyl adjacent to an activating group) is 1. The number of nitrogens with zero attached hydrogens (tertiary/aromatic N) is 2. The van der Waals surface area contributed by atoms with Crippen molar-refractivity contribution < 1.29 is 31.1 Å². The Hall–Kier alpha value is -3.49. The molecule has 0 saturated heterocycles. The maximum Gasteiger partial charge on any atom is 0.416 e. The fourth-order valence-electron chi connectivity index (χ4n) is 4.15. The van der Waals surface area contributed by atoms with Gasteiger partial charge < -0.3 is 9.80 Å². The van der Waals surface area contributed by atoms with Crippen LogP contribution in [0, 0.1) is 6.92 Å². The van der Waals surface area contributed by atoms with E-state index in [1.54, 1.807) is 6.07 Å². The molecule has 3 rings (SSSR count). The highest BCUT2D eigenvalue weighted by molar-refractivity contribution is 6.03.